The lowest BCUT2D eigenvalue weighted by molar-refractivity contribution is 0.294. The molecule has 0 unspecified atom stereocenters. The Balaban J connectivity index is 1.61. The summed E-state index contributed by atoms with van der Waals surface area (Å²) in [4.78, 5) is 4.47. The van der Waals surface area contributed by atoms with Crippen LogP contribution in [0.15, 0.2) is 134 Å². The van der Waals surface area contributed by atoms with Gasteiger partial charge in [0.15, 0.2) is 0 Å². The van der Waals surface area contributed by atoms with Crippen LogP contribution >= 0.6 is 0 Å². The van der Waals surface area contributed by atoms with Gasteiger partial charge in [0.1, 0.15) is 0 Å². The van der Waals surface area contributed by atoms with Gasteiger partial charge in [-0.25, -0.2) is 0 Å². The van der Waals surface area contributed by atoms with Gasteiger partial charge >= 0.3 is 0 Å². The van der Waals surface area contributed by atoms with E-state index >= 15 is 0 Å². The average molecular weight is 431 g/mol. The van der Waals surface area contributed by atoms with Crippen LogP contribution < -0.4 is 0 Å². The van der Waals surface area contributed by atoms with Crippen molar-refractivity contribution in [1.82, 2.24) is 9.80 Å². The lowest BCUT2D eigenvalue weighted by Crippen LogP contribution is -2.26. The predicted molar refractivity (Wildman–Crippen MR) is 140 cm³/mol. The van der Waals surface area contributed by atoms with Gasteiger partial charge in [-0.1, -0.05) is 121 Å². The first-order chi connectivity index (χ1) is 16.2. The zero-order chi connectivity index (χ0) is 22.9. The molecule has 0 aliphatic carbocycles. The molecule has 0 spiro atoms. The third kappa shape index (κ3) is 6.02. The molecule has 164 valence electrons. The summed E-state index contributed by atoms with van der Waals surface area (Å²) in [6.45, 7) is 0.756. The highest BCUT2D eigenvalue weighted by Crippen LogP contribution is 2.25. The van der Waals surface area contributed by atoms with Crippen molar-refractivity contribution >= 4 is 11.1 Å². The molecule has 2 heteroatoms. The molecule has 0 amide bonds. The molecule has 0 saturated heterocycles. The second-order valence-corrected chi connectivity index (χ2v) is 8.21. The molecule has 0 aliphatic heterocycles. The number of nitrogens with zero attached hydrogens (tertiary/aromatic N) is 2. The fraction of sp³-hybridized carbons (Fsp3) is 0.0968. The fourth-order valence-corrected chi connectivity index (χ4v) is 3.98. The summed E-state index contributed by atoms with van der Waals surface area (Å²) in [5.41, 5.74) is 7.27. The first kappa shape index (κ1) is 22.2. The van der Waals surface area contributed by atoms with E-state index in [1.165, 1.54) is 33.4 Å². The summed E-state index contributed by atoms with van der Waals surface area (Å²) in [5.74, 6) is 0. The van der Waals surface area contributed by atoms with Crippen LogP contribution in [0.25, 0.3) is 11.1 Å². The number of hydrogen-bond acceptors (Lipinski definition) is 2. The van der Waals surface area contributed by atoms with Gasteiger partial charge in [-0.05, 0) is 22.3 Å². The van der Waals surface area contributed by atoms with Crippen LogP contribution in [0.4, 0.5) is 0 Å². The van der Waals surface area contributed by atoms with Crippen LogP contribution in [0.3, 0.4) is 0 Å². The molecule has 0 aromatic heterocycles. The van der Waals surface area contributed by atoms with Crippen molar-refractivity contribution < 1.29 is 0 Å². The molecule has 0 saturated carbocycles. The molecule has 33 heavy (non-hydrogen) atoms. The van der Waals surface area contributed by atoms with Gasteiger partial charge in [-0.2, -0.15) is 0 Å². The normalized spacial score (nSPS) is 10.2. The zero-order valence-electron chi connectivity index (χ0n) is 19.3. The molecule has 0 fully saturated rings. The Morgan fingerprint density at radius 3 is 0.939 bits per heavy atom. The smallest absolute Gasteiger partial charge is 0.0887 e. The lowest BCUT2D eigenvalue weighted by Gasteiger charge is -2.25. The van der Waals surface area contributed by atoms with Gasteiger partial charge in [0.25, 0.3) is 0 Å². The third-order valence-electron chi connectivity index (χ3n) is 5.48. The summed E-state index contributed by atoms with van der Waals surface area (Å²) in [7, 11) is 4.25. The van der Waals surface area contributed by atoms with Crippen LogP contribution in [-0.4, -0.2) is 30.6 Å². The summed E-state index contributed by atoms with van der Waals surface area (Å²) in [6.07, 6.45) is 4.47. The van der Waals surface area contributed by atoms with E-state index < -0.39 is 0 Å². The highest BCUT2D eigenvalue weighted by Gasteiger charge is 2.09. The maximum Gasteiger partial charge on any atom is 0.0887 e. The molecule has 4 aromatic carbocycles. The molecule has 4 aromatic rings. The van der Waals surface area contributed by atoms with Crippen molar-refractivity contribution in [1.29, 1.82) is 0 Å². The minimum absolute atomic E-state index is 0.756. The van der Waals surface area contributed by atoms with Gasteiger partial charge in [-0.15, -0.1) is 0 Å². The van der Waals surface area contributed by atoms with Crippen molar-refractivity contribution in [2.75, 3.05) is 20.8 Å². The maximum absolute atomic E-state index is 2.24. The van der Waals surface area contributed by atoms with Gasteiger partial charge in [-0.3, -0.25) is 0 Å². The molecular formula is C31H30N2. The summed E-state index contributed by atoms with van der Waals surface area (Å²) in [5, 5.41) is 0. The van der Waals surface area contributed by atoms with Gasteiger partial charge in [0.2, 0.25) is 0 Å². The van der Waals surface area contributed by atoms with E-state index in [0.717, 1.165) is 6.67 Å². The molecule has 2 nitrogen and oxygen atoms in total. The minimum Gasteiger partial charge on any atom is -0.362 e. The molecule has 4 rings (SSSR count). The highest BCUT2D eigenvalue weighted by atomic mass is 15.3. The molecule has 0 atom stereocenters. The lowest BCUT2D eigenvalue weighted by atomic mass is 9.98. The van der Waals surface area contributed by atoms with Crippen LogP contribution in [0, 0.1) is 0 Å². The summed E-state index contributed by atoms with van der Waals surface area (Å²) < 4.78 is 0. The Hall–Kier alpha value is -4.04. The van der Waals surface area contributed by atoms with Crippen LogP contribution in [0.5, 0.6) is 0 Å². The average Bonchev–Trinajstić information content (AvgIpc) is 2.88. The second kappa shape index (κ2) is 11.0. The van der Waals surface area contributed by atoms with Crippen molar-refractivity contribution in [2.24, 2.45) is 0 Å². The van der Waals surface area contributed by atoms with Crippen molar-refractivity contribution in [3.05, 3.63) is 156 Å². The van der Waals surface area contributed by atoms with Gasteiger partial charge in [0, 0.05) is 37.6 Å². The van der Waals surface area contributed by atoms with E-state index in [9.17, 15) is 0 Å². The van der Waals surface area contributed by atoms with E-state index in [1.54, 1.807) is 0 Å². The van der Waals surface area contributed by atoms with Gasteiger partial charge in [0.05, 0.1) is 6.67 Å². The fourth-order valence-electron chi connectivity index (χ4n) is 3.98. The molecule has 0 bridgehead atoms. The van der Waals surface area contributed by atoms with Crippen molar-refractivity contribution in [2.45, 2.75) is 0 Å². The highest BCUT2D eigenvalue weighted by molar-refractivity contribution is 5.80. The quantitative estimate of drug-likeness (QED) is 0.278. The van der Waals surface area contributed by atoms with E-state index in [2.05, 4.69) is 158 Å². The van der Waals surface area contributed by atoms with E-state index in [-0.39, 0.29) is 0 Å². The number of rotatable bonds is 8. The Bertz CT molecular complexity index is 1000. The first-order valence-corrected chi connectivity index (χ1v) is 11.3. The van der Waals surface area contributed by atoms with Crippen molar-refractivity contribution in [3.63, 3.8) is 0 Å². The van der Waals surface area contributed by atoms with Crippen LogP contribution in [0.1, 0.15) is 22.3 Å². The molecule has 0 heterocycles. The molecule has 0 N–H and O–H groups in total. The zero-order valence-corrected chi connectivity index (χ0v) is 19.3. The van der Waals surface area contributed by atoms with Crippen molar-refractivity contribution in [3.8, 4) is 0 Å². The molecule has 0 aliphatic rings. The topological polar surface area (TPSA) is 6.48 Å². The van der Waals surface area contributed by atoms with E-state index in [0.29, 0.717) is 0 Å². The number of hydrogen-bond donors (Lipinski definition) is 0. The van der Waals surface area contributed by atoms with Gasteiger partial charge < -0.3 is 9.80 Å². The molecular weight excluding hydrogens is 400 g/mol. The Labute approximate surface area is 197 Å². The Kier molecular flexibility index (Phi) is 7.40. The standard InChI is InChI=1S/C31H30N2/c1-32(23-30(26-15-7-3-8-16-26)27-17-9-4-10-18-27)25-33(2)24-31(28-19-11-5-12-20-28)29-21-13-6-14-22-29/h3-24H,25H2,1-2H3. The largest absolute Gasteiger partial charge is 0.362 e. The summed E-state index contributed by atoms with van der Waals surface area (Å²) in [6, 6.07) is 42.3. The molecule has 0 radical (unpaired) electrons. The Morgan fingerprint density at radius 1 is 0.455 bits per heavy atom. The predicted octanol–water partition coefficient (Wildman–Crippen LogP) is 6.99. The van der Waals surface area contributed by atoms with E-state index in [1.807, 2.05) is 0 Å². The second-order valence-electron chi connectivity index (χ2n) is 8.21. The minimum atomic E-state index is 0.756. The summed E-state index contributed by atoms with van der Waals surface area (Å²) >= 11 is 0. The third-order valence-corrected chi connectivity index (χ3v) is 5.48. The first-order valence-electron chi connectivity index (χ1n) is 11.3. The monoisotopic (exact) mass is 430 g/mol. The SMILES string of the molecule is CN(C=C(c1ccccc1)c1ccccc1)CN(C)C=C(c1ccccc1)c1ccccc1. The number of benzene rings is 4. The van der Waals surface area contributed by atoms with Crippen LogP contribution in [0.2, 0.25) is 0 Å². The maximum atomic E-state index is 2.24. The van der Waals surface area contributed by atoms with E-state index in [4.69, 9.17) is 0 Å². The van der Waals surface area contributed by atoms with Crippen LogP contribution in [-0.2, 0) is 0 Å². The Morgan fingerprint density at radius 2 is 0.697 bits per heavy atom.